The van der Waals surface area contributed by atoms with Crippen LogP contribution < -0.4 is 5.32 Å². The van der Waals surface area contributed by atoms with E-state index in [-0.39, 0.29) is 11.9 Å². The van der Waals surface area contributed by atoms with E-state index < -0.39 is 0 Å². The topological polar surface area (TPSA) is 29.1 Å². The standard InChI is InChI=1S/C17H23NO/c1-2-16(18-17(19)13-8-9-13)15-10-7-12-5-3-4-6-14(12)11-15/h7,10-11,13,16H,2-6,8-9H2,1H3,(H,18,19). The minimum absolute atomic E-state index is 0.195. The van der Waals surface area contributed by atoms with Crippen LogP contribution in [0, 0.1) is 5.92 Å². The van der Waals surface area contributed by atoms with E-state index >= 15 is 0 Å². The Labute approximate surface area is 115 Å². The molecule has 2 nitrogen and oxygen atoms in total. The summed E-state index contributed by atoms with van der Waals surface area (Å²) in [6.07, 6.45) is 8.18. The van der Waals surface area contributed by atoms with Gasteiger partial charge in [0, 0.05) is 5.92 Å². The molecular weight excluding hydrogens is 234 g/mol. The molecule has 2 aliphatic rings. The van der Waals surface area contributed by atoms with E-state index in [1.807, 2.05) is 0 Å². The summed E-state index contributed by atoms with van der Waals surface area (Å²) in [4.78, 5) is 11.9. The molecule has 1 N–H and O–H groups in total. The van der Waals surface area contributed by atoms with Gasteiger partial charge in [0.2, 0.25) is 5.91 Å². The Morgan fingerprint density at radius 1 is 1.26 bits per heavy atom. The molecule has 0 bridgehead atoms. The predicted molar refractivity (Wildman–Crippen MR) is 77.0 cm³/mol. The molecule has 0 radical (unpaired) electrons. The quantitative estimate of drug-likeness (QED) is 0.878. The maximum atomic E-state index is 11.9. The van der Waals surface area contributed by atoms with Gasteiger partial charge < -0.3 is 5.32 Å². The molecule has 1 aromatic rings. The van der Waals surface area contributed by atoms with Crippen LogP contribution in [0.25, 0.3) is 0 Å². The van der Waals surface area contributed by atoms with Crippen molar-refractivity contribution in [3.05, 3.63) is 34.9 Å². The van der Waals surface area contributed by atoms with E-state index in [0.717, 1.165) is 19.3 Å². The maximum absolute atomic E-state index is 11.9. The summed E-state index contributed by atoms with van der Waals surface area (Å²) in [5, 5.41) is 3.21. The Morgan fingerprint density at radius 2 is 2.00 bits per heavy atom. The molecule has 2 aliphatic carbocycles. The number of rotatable bonds is 4. The molecule has 0 aliphatic heterocycles. The van der Waals surface area contributed by atoms with Gasteiger partial charge in [0.05, 0.1) is 6.04 Å². The fourth-order valence-electron chi connectivity index (χ4n) is 3.03. The van der Waals surface area contributed by atoms with Gasteiger partial charge in [-0.1, -0.05) is 25.1 Å². The average molecular weight is 257 g/mol. The zero-order chi connectivity index (χ0) is 13.2. The first-order valence-electron chi connectivity index (χ1n) is 7.70. The van der Waals surface area contributed by atoms with Crippen LogP contribution in [0.2, 0.25) is 0 Å². The zero-order valence-corrected chi connectivity index (χ0v) is 11.7. The van der Waals surface area contributed by atoms with Crippen molar-refractivity contribution in [3.63, 3.8) is 0 Å². The number of benzene rings is 1. The second-order valence-corrected chi connectivity index (χ2v) is 5.98. The smallest absolute Gasteiger partial charge is 0.223 e. The highest BCUT2D eigenvalue weighted by atomic mass is 16.2. The molecular formula is C17H23NO. The highest BCUT2D eigenvalue weighted by Gasteiger charge is 2.31. The Kier molecular flexibility index (Phi) is 3.58. The average Bonchev–Trinajstić information content (AvgIpc) is 3.28. The first-order chi connectivity index (χ1) is 9.28. The zero-order valence-electron chi connectivity index (χ0n) is 11.7. The van der Waals surface area contributed by atoms with Crippen molar-refractivity contribution in [3.8, 4) is 0 Å². The number of hydrogen-bond acceptors (Lipinski definition) is 1. The van der Waals surface area contributed by atoms with Crippen molar-refractivity contribution in [2.24, 2.45) is 5.92 Å². The number of carbonyl (C=O) groups is 1. The number of amides is 1. The summed E-state index contributed by atoms with van der Waals surface area (Å²) < 4.78 is 0. The molecule has 1 unspecified atom stereocenters. The predicted octanol–water partition coefficient (Wildman–Crippen LogP) is 3.54. The lowest BCUT2D eigenvalue weighted by Gasteiger charge is -2.21. The summed E-state index contributed by atoms with van der Waals surface area (Å²) in [5.41, 5.74) is 4.30. The van der Waals surface area contributed by atoms with Gasteiger partial charge in [0.1, 0.15) is 0 Å². The number of aryl methyl sites for hydroxylation is 2. The fraction of sp³-hybridized carbons (Fsp3) is 0.588. The fourth-order valence-corrected chi connectivity index (χ4v) is 3.03. The summed E-state index contributed by atoms with van der Waals surface area (Å²) in [6, 6.07) is 7.01. The third-order valence-corrected chi connectivity index (χ3v) is 4.45. The van der Waals surface area contributed by atoms with Gasteiger partial charge in [-0.3, -0.25) is 4.79 Å². The van der Waals surface area contributed by atoms with Crippen molar-refractivity contribution in [1.29, 1.82) is 0 Å². The van der Waals surface area contributed by atoms with E-state index in [0.29, 0.717) is 5.92 Å². The Bertz CT molecular complexity index is 476. The van der Waals surface area contributed by atoms with Crippen LogP contribution in [0.4, 0.5) is 0 Å². The van der Waals surface area contributed by atoms with E-state index in [1.165, 1.54) is 42.4 Å². The monoisotopic (exact) mass is 257 g/mol. The largest absolute Gasteiger partial charge is 0.349 e. The molecule has 1 atom stereocenters. The minimum Gasteiger partial charge on any atom is -0.349 e. The molecule has 1 fully saturated rings. The lowest BCUT2D eigenvalue weighted by atomic mass is 9.89. The molecule has 3 rings (SSSR count). The molecule has 1 aromatic carbocycles. The normalized spacial score (nSPS) is 19.6. The van der Waals surface area contributed by atoms with Crippen LogP contribution in [-0.2, 0) is 17.6 Å². The lowest BCUT2D eigenvalue weighted by molar-refractivity contribution is -0.123. The summed E-state index contributed by atoms with van der Waals surface area (Å²) in [7, 11) is 0. The van der Waals surface area contributed by atoms with Gasteiger partial charge in [-0.05, 0) is 61.6 Å². The minimum atomic E-state index is 0.195. The summed E-state index contributed by atoms with van der Waals surface area (Å²) in [6.45, 7) is 2.15. The van der Waals surface area contributed by atoms with Crippen LogP contribution in [0.1, 0.15) is 61.8 Å². The van der Waals surface area contributed by atoms with Crippen LogP contribution in [0.15, 0.2) is 18.2 Å². The third-order valence-electron chi connectivity index (χ3n) is 4.45. The van der Waals surface area contributed by atoms with Crippen LogP contribution in [0.5, 0.6) is 0 Å². The molecule has 0 saturated heterocycles. The summed E-state index contributed by atoms with van der Waals surface area (Å²) in [5.74, 6) is 0.552. The molecule has 2 heteroatoms. The Hall–Kier alpha value is -1.31. The van der Waals surface area contributed by atoms with Crippen molar-refractivity contribution in [1.82, 2.24) is 5.32 Å². The SMILES string of the molecule is CCC(NC(=O)C1CC1)c1ccc2c(c1)CCCC2. The number of hydrogen-bond donors (Lipinski definition) is 1. The van der Waals surface area contributed by atoms with Gasteiger partial charge in [0.25, 0.3) is 0 Å². The number of nitrogens with one attached hydrogen (secondary N) is 1. The highest BCUT2D eigenvalue weighted by Crippen LogP contribution is 2.31. The molecule has 1 saturated carbocycles. The van der Waals surface area contributed by atoms with E-state index in [9.17, 15) is 4.79 Å². The van der Waals surface area contributed by atoms with Gasteiger partial charge in [-0.15, -0.1) is 0 Å². The van der Waals surface area contributed by atoms with Crippen molar-refractivity contribution in [2.75, 3.05) is 0 Å². The first kappa shape index (κ1) is 12.7. The van der Waals surface area contributed by atoms with Gasteiger partial charge in [0.15, 0.2) is 0 Å². The van der Waals surface area contributed by atoms with Crippen molar-refractivity contribution < 1.29 is 4.79 Å². The van der Waals surface area contributed by atoms with Gasteiger partial charge >= 0.3 is 0 Å². The van der Waals surface area contributed by atoms with E-state index in [1.54, 1.807) is 0 Å². The molecule has 0 aromatic heterocycles. The lowest BCUT2D eigenvalue weighted by Crippen LogP contribution is -2.29. The Balaban J connectivity index is 1.76. The van der Waals surface area contributed by atoms with E-state index in [4.69, 9.17) is 0 Å². The summed E-state index contributed by atoms with van der Waals surface area (Å²) >= 11 is 0. The van der Waals surface area contributed by atoms with Crippen LogP contribution >= 0.6 is 0 Å². The van der Waals surface area contributed by atoms with Crippen LogP contribution in [0.3, 0.4) is 0 Å². The maximum Gasteiger partial charge on any atom is 0.223 e. The van der Waals surface area contributed by atoms with Gasteiger partial charge in [-0.2, -0.15) is 0 Å². The number of fused-ring (bicyclic) bond motifs is 1. The van der Waals surface area contributed by atoms with Crippen molar-refractivity contribution >= 4 is 5.91 Å². The second-order valence-electron chi connectivity index (χ2n) is 5.98. The van der Waals surface area contributed by atoms with Crippen LogP contribution in [-0.4, -0.2) is 5.91 Å². The number of carbonyl (C=O) groups excluding carboxylic acids is 1. The molecule has 0 heterocycles. The van der Waals surface area contributed by atoms with Crippen molar-refractivity contribution in [2.45, 2.75) is 57.9 Å². The molecule has 0 spiro atoms. The molecule has 102 valence electrons. The molecule has 1 amide bonds. The van der Waals surface area contributed by atoms with Gasteiger partial charge in [-0.25, -0.2) is 0 Å². The molecule has 19 heavy (non-hydrogen) atoms. The Morgan fingerprint density at radius 3 is 2.68 bits per heavy atom. The first-order valence-corrected chi connectivity index (χ1v) is 7.70. The highest BCUT2D eigenvalue weighted by molar-refractivity contribution is 5.81. The second kappa shape index (κ2) is 5.36. The van der Waals surface area contributed by atoms with E-state index in [2.05, 4.69) is 30.4 Å². The third kappa shape index (κ3) is 2.83.